The van der Waals surface area contributed by atoms with Gasteiger partial charge in [0.05, 0.1) is 66.6 Å². The van der Waals surface area contributed by atoms with E-state index in [0.29, 0.717) is 24.8 Å². The van der Waals surface area contributed by atoms with Crippen LogP contribution in [0, 0.1) is 33.8 Å². The quantitative estimate of drug-likeness (QED) is 0.0304. The van der Waals surface area contributed by atoms with Gasteiger partial charge in [-0.1, -0.05) is 32.9 Å². The Morgan fingerprint density at radius 3 is 2.14 bits per heavy atom. The third-order valence-corrected chi connectivity index (χ3v) is 16.1. The van der Waals surface area contributed by atoms with Gasteiger partial charge in [-0.3, -0.25) is 4.79 Å². The molecule has 0 radical (unpaired) electrons. The second kappa shape index (κ2) is 26.7. The Hall–Kier alpha value is -2.88. The number of carbonyl (C=O) groups excluding carboxylic acids is 1. The van der Waals surface area contributed by atoms with Crippen molar-refractivity contribution in [2.75, 3.05) is 48.3 Å². The fourth-order valence-corrected chi connectivity index (χ4v) is 10.9. The Balaban J connectivity index is 0.000000838. The molecule has 18 atom stereocenters. The number of cyclic esters (lactones) is 1. The summed E-state index contributed by atoms with van der Waals surface area (Å²) in [6.07, 6.45) is -9.49. The SMILES string of the molecule is CC[C@H]1OC(=O)[C@H](C)[C@@H](O[C@H]2C[C@@](C)(OC)[C@@H](O)[C@H](C)O2)[C@H](C)[C@@H](O[C@@H]2O[C@H](C)C[C@H](N(C)C)[C@H]2O)[C@](C)(O)C[C@@H](C)/C(=N/OCOCCOC)[C@H](C)[C@@H](O)[C@]1(C)O.O=[N+]([O-])c1cc([As](=O)(O)O)ccc1O. The van der Waals surface area contributed by atoms with Crippen molar-refractivity contribution in [3.05, 3.63) is 28.3 Å². The summed E-state index contributed by atoms with van der Waals surface area (Å²) in [6, 6.07) is 2.19. The molecule has 3 aliphatic rings. The molecule has 0 aromatic heterocycles. The Bertz CT molecular complexity index is 1970. The first-order valence-electron chi connectivity index (χ1n) is 24.1. The molecule has 0 bridgehead atoms. The number of esters is 1. The van der Waals surface area contributed by atoms with Gasteiger partial charge in [0, 0.05) is 44.4 Å². The van der Waals surface area contributed by atoms with Gasteiger partial charge in [0.15, 0.2) is 12.6 Å². The summed E-state index contributed by atoms with van der Waals surface area (Å²) in [5.74, 6) is -4.76. The Kier molecular flexibility index (Phi) is 23.6. The molecule has 0 aliphatic carbocycles. The van der Waals surface area contributed by atoms with Gasteiger partial charge < -0.3 is 73.2 Å². The molecule has 1 aromatic rings. The van der Waals surface area contributed by atoms with E-state index in [-0.39, 0.29) is 44.8 Å². The molecule has 24 nitrogen and oxygen atoms in total. The van der Waals surface area contributed by atoms with Crippen LogP contribution in [0.1, 0.15) is 94.9 Å². The summed E-state index contributed by atoms with van der Waals surface area (Å²) in [6.45, 7) is 17.3. The number of hydrogen-bond acceptors (Lipinski definition) is 21. The number of nitro groups is 1. The molecule has 8 N–H and O–H groups in total. The van der Waals surface area contributed by atoms with Crippen LogP contribution < -0.4 is 4.35 Å². The van der Waals surface area contributed by atoms with Gasteiger partial charge in [-0.2, -0.15) is 0 Å². The molecule has 3 saturated heterocycles. The van der Waals surface area contributed by atoms with Crippen LogP contribution in [0.15, 0.2) is 23.4 Å². The number of aliphatic hydroxyl groups excluding tert-OH is 3. The van der Waals surface area contributed by atoms with E-state index in [4.69, 9.17) is 56.0 Å². The number of phenols is 1. The van der Waals surface area contributed by atoms with Crippen LogP contribution in [0.4, 0.5) is 5.69 Å². The first-order valence-corrected chi connectivity index (χ1v) is 27.5. The minimum atomic E-state index is -5.13. The number of aromatic hydroxyl groups is 1. The molecule has 3 aliphatic heterocycles. The number of benzene rings is 1. The monoisotopic (exact) mass is 1100 g/mol. The second-order valence-electron chi connectivity index (χ2n) is 20.2. The number of nitrogens with zero attached hydrogens (tertiary/aromatic N) is 3. The molecule has 3 heterocycles. The van der Waals surface area contributed by atoms with Crippen molar-refractivity contribution in [1.82, 2.24) is 4.90 Å². The topological polar surface area (TPSA) is 338 Å². The predicted octanol–water partition coefficient (Wildman–Crippen LogP) is 1.07. The number of methoxy groups -OCH3 is 2. The van der Waals surface area contributed by atoms with E-state index < -0.39 is 137 Å². The summed E-state index contributed by atoms with van der Waals surface area (Å²) in [7, 11) is 6.76. The van der Waals surface area contributed by atoms with Gasteiger partial charge in [0.1, 0.15) is 23.9 Å². The molecule has 4 rings (SSSR count). The van der Waals surface area contributed by atoms with Gasteiger partial charge >= 0.3 is 86.2 Å². The Morgan fingerprint density at radius 2 is 1.58 bits per heavy atom. The minimum absolute atomic E-state index is 0.0307. The maximum absolute atomic E-state index is 14.3. The Labute approximate surface area is 424 Å². The number of nitro benzene ring substituents is 1. The fraction of sp³-hybridized carbons (Fsp3) is 0.830. The van der Waals surface area contributed by atoms with E-state index in [9.17, 15) is 44.2 Å². The molecule has 72 heavy (non-hydrogen) atoms. The molecule has 0 amide bonds. The number of aliphatic hydroxyl groups is 5. The molecule has 1 aromatic carbocycles. The van der Waals surface area contributed by atoms with Crippen LogP contribution in [-0.2, 0) is 51.3 Å². The number of ether oxygens (including phenoxy) is 8. The summed E-state index contributed by atoms with van der Waals surface area (Å²) < 4.78 is 76.0. The van der Waals surface area contributed by atoms with E-state index in [1.807, 2.05) is 32.8 Å². The molecule has 0 unspecified atom stereocenters. The molecular formula is C47H82AsN3O21. The number of carbonyl (C=O) groups is 1. The number of phenolic OH excluding ortho intramolecular Hbond substituents is 1. The molecule has 0 spiro atoms. The van der Waals surface area contributed by atoms with Crippen molar-refractivity contribution in [3.8, 4) is 5.75 Å². The summed E-state index contributed by atoms with van der Waals surface area (Å²) >= 11 is -5.13. The van der Waals surface area contributed by atoms with Crippen LogP contribution in [0.5, 0.6) is 5.75 Å². The summed E-state index contributed by atoms with van der Waals surface area (Å²) in [5, 5.41) is 82.8. The third kappa shape index (κ3) is 16.1. The van der Waals surface area contributed by atoms with Gasteiger partial charge in [0.2, 0.25) is 6.79 Å². The molecular weight excluding hydrogens is 1020 g/mol. The second-order valence-corrected chi connectivity index (χ2v) is 23.6. The maximum atomic E-state index is 14.3. The average Bonchev–Trinajstić information content (AvgIpc) is 3.29. The van der Waals surface area contributed by atoms with Crippen molar-refractivity contribution in [2.45, 2.75) is 179 Å². The van der Waals surface area contributed by atoms with E-state index in [1.165, 1.54) is 14.0 Å². The standard InChI is InChI=1S/C41H76N2O15.C6H6AsNO6/c1-15-29-41(10,49)34(45)24(4)31(42-53-21-52-17-16-50-13)22(2)19-39(8,48)36(58-38-32(44)28(43(11)12)18-23(3)54-38)25(5)33(26(6)37(47)56-29)57-30-20-40(9,51-14)35(46)27(7)55-30;9-6-2-1-4(7(10,11)12)3-5(6)8(13)14/h22-30,32-36,38,44-46,48-49H,15-21H2,1-14H3;1-3,9H,(H2,10,11,12)/b42-31-;/t22-,23-,24+,25+,26-,27+,28+,29-,30+,32-,33+,34-,35+,36-,38+,39-,40-,41-;/m1./s1. The van der Waals surface area contributed by atoms with Gasteiger partial charge in [-0.05, 0) is 74.9 Å². The van der Waals surface area contributed by atoms with Crippen LogP contribution in [0.2, 0.25) is 0 Å². The first kappa shape index (κ1) is 63.4. The van der Waals surface area contributed by atoms with E-state index >= 15 is 0 Å². The average molecular weight is 1100 g/mol. The molecule has 0 saturated carbocycles. The van der Waals surface area contributed by atoms with Crippen LogP contribution in [0.25, 0.3) is 0 Å². The van der Waals surface area contributed by atoms with Crippen LogP contribution in [-0.4, -0.2) is 207 Å². The van der Waals surface area contributed by atoms with Crippen molar-refractivity contribution in [3.63, 3.8) is 0 Å². The van der Waals surface area contributed by atoms with Crippen molar-refractivity contribution >= 4 is 35.9 Å². The summed E-state index contributed by atoms with van der Waals surface area (Å²) in [5.41, 5.74) is -5.21. The van der Waals surface area contributed by atoms with E-state index in [0.717, 1.165) is 12.1 Å². The zero-order valence-corrected chi connectivity index (χ0v) is 45.9. The van der Waals surface area contributed by atoms with Gasteiger partial charge in [-0.25, -0.2) is 0 Å². The number of hydrogen-bond donors (Lipinski definition) is 8. The normalized spacial score (nSPS) is 39.1. The van der Waals surface area contributed by atoms with Crippen molar-refractivity contribution in [1.29, 1.82) is 0 Å². The van der Waals surface area contributed by atoms with Crippen molar-refractivity contribution < 1.29 is 95.0 Å². The number of likely N-dealkylation sites (N-methyl/N-ethyl adjacent to an activating group) is 1. The van der Waals surface area contributed by atoms with E-state index in [2.05, 4.69) is 5.16 Å². The zero-order valence-electron chi connectivity index (χ0n) is 44.0. The third-order valence-electron chi connectivity index (χ3n) is 14.1. The molecule has 3 fully saturated rings. The zero-order chi connectivity index (χ0) is 54.8. The summed E-state index contributed by atoms with van der Waals surface area (Å²) in [4.78, 5) is 31.2. The fourth-order valence-electron chi connectivity index (χ4n) is 9.77. The van der Waals surface area contributed by atoms with Crippen molar-refractivity contribution in [2.24, 2.45) is 28.8 Å². The van der Waals surface area contributed by atoms with Gasteiger partial charge in [-0.15, -0.1) is 0 Å². The molecule has 25 heteroatoms. The van der Waals surface area contributed by atoms with Crippen LogP contribution in [0.3, 0.4) is 0 Å². The number of rotatable bonds is 15. The van der Waals surface area contributed by atoms with E-state index in [1.54, 1.807) is 55.6 Å². The molecule has 416 valence electrons. The van der Waals surface area contributed by atoms with Crippen LogP contribution >= 0.6 is 0 Å². The predicted molar refractivity (Wildman–Crippen MR) is 258 cm³/mol. The first-order chi connectivity index (χ1) is 33.3. The Morgan fingerprint density at radius 1 is 0.944 bits per heavy atom. The number of oxime groups is 1. The van der Waals surface area contributed by atoms with Gasteiger partial charge in [0.25, 0.3) is 0 Å².